The van der Waals surface area contributed by atoms with E-state index in [0.29, 0.717) is 33.1 Å². The van der Waals surface area contributed by atoms with E-state index < -0.39 is 23.7 Å². The van der Waals surface area contributed by atoms with Gasteiger partial charge in [-0.05, 0) is 61.9 Å². The second kappa shape index (κ2) is 15.9. The van der Waals surface area contributed by atoms with Crippen LogP contribution in [-0.2, 0) is 25.7 Å². The lowest BCUT2D eigenvalue weighted by Gasteiger charge is -2.21. The van der Waals surface area contributed by atoms with Gasteiger partial charge in [-0.15, -0.1) is 0 Å². The van der Waals surface area contributed by atoms with Gasteiger partial charge in [0, 0.05) is 40.4 Å². The number of hydrogen-bond acceptors (Lipinski definition) is 7. The van der Waals surface area contributed by atoms with Crippen molar-refractivity contribution in [3.05, 3.63) is 105 Å². The van der Waals surface area contributed by atoms with Crippen LogP contribution in [0.3, 0.4) is 0 Å². The van der Waals surface area contributed by atoms with Crippen molar-refractivity contribution in [2.75, 3.05) is 31.6 Å². The Morgan fingerprint density at radius 3 is 2.43 bits per heavy atom. The molecule has 3 aromatic carbocycles. The van der Waals surface area contributed by atoms with Crippen molar-refractivity contribution in [2.45, 2.75) is 20.5 Å². The van der Waals surface area contributed by atoms with E-state index in [1.165, 1.54) is 11.0 Å². The van der Waals surface area contributed by atoms with Crippen LogP contribution in [0.4, 0.5) is 5.69 Å². The zero-order chi connectivity index (χ0) is 33.2. The summed E-state index contributed by atoms with van der Waals surface area (Å²) in [4.78, 5) is 54.9. The average Bonchev–Trinajstić information content (AvgIpc) is 3.05. The molecule has 0 saturated carbocycles. The molecule has 1 heterocycles. The third-order valence-electron chi connectivity index (χ3n) is 6.81. The molecule has 10 nitrogen and oxygen atoms in total. The van der Waals surface area contributed by atoms with Gasteiger partial charge < -0.3 is 25.0 Å². The number of fused-ring (bicyclic) bond motifs is 1. The van der Waals surface area contributed by atoms with Crippen LogP contribution in [0.5, 0.6) is 5.75 Å². The predicted octanol–water partition coefficient (Wildman–Crippen LogP) is 5.51. The molecule has 238 valence electrons. The first-order chi connectivity index (χ1) is 22.1. The van der Waals surface area contributed by atoms with E-state index in [0.717, 1.165) is 16.6 Å². The van der Waals surface area contributed by atoms with Crippen LogP contribution in [0.1, 0.15) is 34.1 Å². The Balaban J connectivity index is 1.32. The summed E-state index contributed by atoms with van der Waals surface area (Å²) in [5, 5.41) is 6.59. The topological polar surface area (TPSA) is 127 Å². The SMILES string of the molecule is CCOC(=O)CNC(=O)c1ccc(/C=C/C(=O)NCC(=O)N(C)c2ccc(Cl)c(COc3cccc4ccc(C)nc34)c2Cl)cc1. The minimum absolute atomic E-state index is 0.0447. The van der Waals surface area contributed by atoms with Gasteiger partial charge in [-0.3, -0.25) is 19.2 Å². The highest BCUT2D eigenvalue weighted by Crippen LogP contribution is 2.35. The van der Waals surface area contributed by atoms with Gasteiger partial charge in [-0.1, -0.05) is 53.5 Å². The first-order valence-corrected chi connectivity index (χ1v) is 15.0. The average molecular weight is 664 g/mol. The zero-order valence-electron chi connectivity index (χ0n) is 25.4. The van der Waals surface area contributed by atoms with Gasteiger partial charge in [0.15, 0.2) is 0 Å². The number of ether oxygens (including phenoxy) is 2. The largest absolute Gasteiger partial charge is 0.487 e. The van der Waals surface area contributed by atoms with Crippen LogP contribution in [0, 0.1) is 6.92 Å². The molecule has 0 fully saturated rings. The number of halogens is 2. The number of likely N-dealkylation sites (N-methyl/N-ethyl adjacent to an activating group) is 1. The third kappa shape index (κ3) is 8.83. The van der Waals surface area contributed by atoms with Crippen molar-refractivity contribution in [3.8, 4) is 5.75 Å². The summed E-state index contributed by atoms with van der Waals surface area (Å²) in [7, 11) is 1.55. The van der Waals surface area contributed by atoms with E-state index in [2.05, 4.69) is 15.6 Å². The van der Waals surface area contributed by atoms with E-state index in [1.807, 2.05) is 37.3 Å². The molecule has 0 atom stereocenters. The maximum absolute atomic E-state index is 13.0. The van der Waals surface area contributed by atoms with Gasteiger partial charge in [0.1, 0.15) is 24.4 Å². The number of carbonyl (C=O) groups is 4. The number of esters is 1. The van der Waals surface area contributed by atoms with Gasteiger partial charge in [0.25, 0.3) is 5.91 Å². The molecule has 0 saturated heterocycles. The molecular weight excluding hydrogens is 631 g/mol. The second-order valence-electron chi connectivity index (χ2n) is 10.0. The number of amides is 3. The number of benzene rings is 3. The molecule has 0 bridgehead atoms. The van der Waals surface area contributed by atoms with E-state index >= 15 is 0 Å². The molecule has 4 aromatic rings. The number of nitrogens with zero attached hydrogens (tertiary/aromatic N) is 2. The van der Waals surface area contributed by atoms with Crippen molar-refractivity contribution >= 4 is 69.6 Å². The summed E-state index contributed by atoms with van der Waals surface area (Å²) in [6.07, 6.45) is 2.82. The summed E-state index contributed by atoms with van der Waals surface area (Å²) in [6.45, 7) is 3.34. The van der Waals surface area contributed by atoms with Crippen molar-refractivity contribution in [1.29, 1.82) is 0 Å². The first kappa shape index (κ1) is 34.0. The third-order valence-corrected chi connectivity index (χ3v) is 7.58. The molecular formula is C34H32Cl2N4O6. The molecule has 0 spiro atoms. The number of nitrogens with one attached hydrogen (secondary N) is 2. The van der Waals surface area contributed by atoms with Crippen molar-refractivity contribution in [1.82, 2.24) is 15.6 Å². The fraction of sp³-hybridized carbons (Fsp3) is 0.206. The fourth-order valence-corrected chi connectivity index (χ4v) is 4.93. The zero-order valence-corrected chi connectivity index (χ0v) is 26.9. The second-order valence-corrected chi connectivity index (χ2v) is 10.8. The summed E-state index contributed by atoms with van der Waals surface area (Å²) in [5.41, 5.74) is 3.47. The molecule has 2 N–H and O–H groups in total. The van der Waals surface area contributed by atoms with E-state index in [-0.39, 0.29) is 31.3 Å². The lowest BCUT2D eigenvalue weighted by Crippen LogP contribution is -2.37. The Hall–Kier alpha value is -4.93. The minimum atomic E-state index is -0.525. The van der Waals surface area contributed by atoms with Gasteiger partial charge in [0.2, 0.25) is 11.8 Å². The highest BCUT2D eigenvalue weighted by Gasteiger charge is 2.19. The Kier molecular flexibility index (Phi) is 11.7. The Bertz CT molecular complexity index is 1790. The standard InChI is InChI=1S/C34H32Cl2N4O6/c1-4-45-31(43)19-38-34(44)24-13-9-22(10-14-24)11-17-29(41)37-18-30(42)40(3)27-16-15-26(35)25(32(27)36)20-46-28-7-5-6-23-12-8-21(2)39-33(23)28/h5-17H,4,18-20H2,1-3H3,(H,37,41)(H,38,44)/b17-11+. The summed E-state index contributed by atoms with van der Waals surface area (Å²) in [6, 6.07) is 19.2. The monoisotopic (exact) mass is 662 g/mol. The minimum Gasteiger partial charge on any atom is -0.487 e. The van der Waals surface area contributed by atoms with Crippen molar-refractivity contribution < 1.29 is 28.7 Å². The number of pyridine rings is 1. The maximum atomic E-state index is 13.0. The van der Waals surface area contributed by atoms with E-state index in [1.54, 1.807) is 56.4 Å². The molecule has 0 aliphatic carbocycles. The Labute approximate surface area is 276 Å². The number of aromatic nitrogens is 1. The number of hydrogen-bond donors (Lipinski definition) is 2. The number of rotatable bonds is 12. The Morgan fingerprint density at radius 1 is 0.935 bits per heavy atom. The van der Waals surface area contributed by atoms with Crippen LogP contribution in [0.2, 0.25) is 10.0 Å². The highest BCUT2D eigenvalue weighted by molar-refractivity contribution is 6.38. The maximum Gasteiger partial charge on any atom is 0.325 e. The van der Waals surface area contributed by atoms with Crippen LogP contribution in [0.25, 0.3) is 17.0 Å². The van der Waals surface area contributed by atoms with E-state index in [4.69, 9.17) is 32.7 Å². The number of carbonyl (C=O) groups excluding carboxylic acids is 4. The van der Waals surface area contributed by atoms with Crippen LogP contribution >= 0.6 is 23.2 Å². The predicted molar refractivity (Wildman–Crippen MR) is 178 cm³/mol. The smallest absolute Gasteiger partial charge is 0.325 e. The summed E-state index contributed by atoms with van der Waals surface area (Å²) >= 11 is 13.2. The summed E-state index contributed by atoms with van der Waals surface area (Å²) in [5.74, 6) is -1.28. The first-order valence-electron chi connectivity index (χ1n) is 14.3. The molecule has 12 heteroatoms. The lowest BCUT2D eigenvalue weighted by molar-refractivity contribution is -0.141. The quantitative estimate of drug-likeness (QED) is 0.151. The van der Waals surface area contributed by atoms with Crippen molar-refractivity contribution in [2.24, 2.45) is 0 Å². The van der Waals surface area contributed by atoms with Gasteiger partial charge in [0.05, 0.1) is 23.9 Å². The number of anilines is 1. The van der Waals surface area contributed by atoms with Gasteiger partial charge in [-0.2, -0.15) is 0 Å². The summed E-state index contributed by atoms with van der Waals surface area (Å²) < 4.78 is 10.9. The fourth-order valence-electron chi connectivity index (χ4n) is 4.32. The highest BCUT2D eigenvalue weighted by atomic mass is 35.5. The molecule has 46 heavy (non-hydrogen) atoms. The number of para-hydroxylation sites is 1. The Morgan fingerprint density at radius 2 is 1.70 bits per heavy atom. The van der Waals surface area contributed by atoms with E-state index in [9.17, 15) is 19.2 Å². The van der Waals surface area contributed by atoms with Crippen LogP contribution in [-0.4, -0.2) is 55.4 Å². The van der Waals surface area contributed by atoms with Gasteiger partial charge in [-0.25, -0.2) is 4.98 Å². The van der Waals surface area contributed by atoms with Crippen molar-refractivity contribution in [3.63, 3.8) is 0 Å². The molecule has 4 rings (SSSR count). The van der Waals surface area contributed by atoms with Crippen LogP contribution in [0.15, 0.2) is 72.8 Å². The van der Waals surface area contributed by atoms with Crippen LogP contribution < -0.4 is 20.3 Å². The lowest BCUT2D eigenvalue weighted by atomic mass is 10.1. The van der Waals surface area contributed by atoms with Gasteiger partial charge >= 0.3 is 5.97 Å². The molecule has 0 unspecified atom stereocenters. The molecule has 0 aliphatic heterocycles. The molecule has 0 radical (unpaired) electrons. The normalized spacial score (nSPS) is 10.9. The molecule has 3 amide bonds. The number of aryl methyl sites for hydroxylation is 1. The molecule has 0 aliphatic rings. The molecule has 1 aromatic heterocycles.